The molecule has 1 N–H and O–H groups in total. The first-order valence-corrected chi connectivity index (χ1v) is 7.29. The van der Waals surface area contributed by atoms with Crippen LogP contribution < -0.4 is 14.9 Å². The molecule has 0 heterocycles. The lowest BCUT2D eigenvalue weighted by molar-refractivity contribution is -0.384. The van der Waals surface area contributed by atoms with Crippen molar-refractivity contribution in [3.63, 3.8) is 0 Å². The number of hydrazone groups is 1. The summed E-state index contributed by atoms with van der Waals surface area (Å²) in [7, 11) is 3.11. The number of hydrogen-bond acceptors (Lipinski definition) is 6. The van der Waals surface area contributed by atoms with E-state index in [1.807, 2.05) is 0 Å². The SMILES string of the molecule is COc1cc(Br)c(/C=N\Nc2cccc([N+](=O)[O-])c2)cc1OC. The van der Waals surface area contributed by atoms with Gasteiger partial charge in [0, 0.05) is 22.2 Å². The fourth-order valence-corrected chi connectivity index (χ4v) is 2.26. The molecule has 0 atom stereocenters. The van der Waals surface area contributed by atoms with Gasteiger partial charge in [0.1, 0.15) is 0 Å². The number of nitrogens with one attached hydrogen (secondary N) is 1. The molecule has 2 aromatic carbocycles. The smallest absolute Gasteiger partial charge is 0.271 e. The number of rotatable bonds is 6. The Labute approximate surface area is 141 Å². The molecule has 0 radical (unpaired) electrons. The number of nitro benzene ring substituents is 1. The van der Waals surface area contributed by atoms with Gasteiger partial charge >= 0.3 is 0 Å². The van der Waals surface area contributed by atoms with Crippen LogP contribution in [0.1, 0.15) is 5.56 Å². The van der Waals surface area contributed by atoms with Crippen molar-refractivity contribution >= 4 is 33.5 Å². The fourth-order valence-electron chi connectivity index (χ4n) is 1.83. The zero-order valence-electron chi connectivity index (χ0n) is 12.4. The average Bonchev–Trinajstić information content (AvgIpc) is 2.56. The van der Waals surface area contributed by atoms with Gasteiger partial charge in [0.05, 0.1) is 31.0 Å². The number of nitrogens with zero attached hydrogens (tertiary/aromatic N) is 2. The highest BCUT2D eigenvalue weighted by Crippen LogP contribution is 2.32. The van der Waals surface area contributed by atoms with E-state index in [1.165, 1.54) is 12.1 Å². The van der Waals surface area contributed by atoms with Crippen molar-refractivity contribution in [2.45, 2.75) is 0 Å². The molecular weight excluding hydrogens is 366 g/mol. The molecule has 0 saturated heterocycles. The van der Waals surface area contributed by atoms with E-state index in [9.17, 15) is 10.1 Å². The first-order chi connectivity index (χ1) is 11.0. The standard InChI is InChI=1S/C15H14BrN3O4/c1-22-14-6-10(13(16)8-15(14)23-2)9-17-18-11-4-3-5-12(7-11)19(20)21/h3-9,18H,1-2H3/b17-9-. The summed E-state index contributed by atoms with van der Waals surface area (Å²) in [5.74, 6) is 1.18. The molecule has 0 aromatic heterocycles. The molecule has 0 fully saturated rings. The maximum absolute atomic E-state index is 10.7. The Morgan fingerprint density at radius 3 is 2.57 bits per heavy atom. The van der Waals surface area contributed by atoms with E-state index in [0.717, 1.165) is 10.0 Å². The van der Waals surface area contributed by atoms with Crippen LogP contribution in [0.15, 0.2) is 46.0 Å². The Kier molecular flexibility index (Phi) is 5.53. The van der Waals surface area contributed by atoms with Crippen LogP contribution in [0.5, 0.6) is 11.5 Å². The number of benzene rings is 2. The van der Waals surface area contributed by atoms with Crippen LogP contribution in [0, 0.1) is 10.1 Å². The van der Waals surface area contributed by atoms with Gasteiger partial charge in [0.2, 0.25) is 0 Å². The average molecular weight is 380 g/mol. The third-order valence-electron chi connectivity index (χ3n) is 2.96. The summed E-state index contributed by atoms with van der Waals surface area (Å²) in [5.41, 5.74) is 4.04. The van der Waals surface area contributed by atoms with Crippen LogP contribution in [-0.4, -0.2) is 25.4 Å². The highest BCUT2D eigenvalue weighted by atomic mass is 79.9. The van der Waals surface area contributed by atoms with Gasteiger partial charge in [-0.3, -0.25) is 15.5 Å². The zero-order valence-corrected chi connectivity index (χ0v) is 14.0. The van der Waals surface area contributed by atoms with Crippen molar-refractivity contribution in [3.8, 4) is 11.5 Å². The Bertz CT molecular complexity index is 749. The Morgan fingerprint density at radius 2 is 1.91 bits per heavy atom. The lowest BCUT2D eigenvalue weighted by Crippen LogP contribution is -1.96. The summed E-state index contributed by atoms with van der Waals surface area (Å²) >= 11 is 3.42. The minimum atomic E-state index is -0.459. The molecule has 0 amide bonds. The zero-order chi connectivity index (χ0) is 16.8. The van der Waals surface area contributed by atoms with Crippen molar-refractivity contribution in [2.24, 2.45) is 5.10 Å². The van der Waals surface area contributed by atoms with Gasteiger partial charge in [0.25, 0.3) is 5.69 Å². The summed E-state index contributed by atoms with van der Waals surface area (Å²) in [4.78, 5) is 10.3. The lowest BCUT2D eigenvalue weighted by atomic mass is 10.2. The summed E-state index contributed by atoms with van der Waals surface area (Å²) in [6.45, 7) is 0. The summed E-state index contributed by atoms with van der Waals surface area (Å²) in [6, 6.07) is 9.63. The number of hydrogen-bond donors (Lipinski definition) is 1. The van der Waals surface area contributed by atoms with Crippen LogP contribution in [0.3, 0.4) is 0 Å². The van der Waals surface area contributed by atoms with Gasteiger partial charge in [-0.15, -0.1) is 0 Å². The van der Waals surface area contributed by atoms with E-state index >= 15 is 0 Å². The van der Waals surface area contributed by atoms with Gasteiger partial charge in [-0.1, -0.05) is 6.07 Å². The van der Waals surface area contributed by atoms with Gasteiger partial charge in [-0.2, -0.15) is 5.10 Å². The van der Waals surface area contributed by atoms with Crippen molar-refractivity contribution in [2.75, 3.05) is 19.6 Å². The van der Waals surface area contributed by atoms with Gasteiger partial charge < -0.3 is 9.47 Å². The molecule has 0 unspecified atom stereocenters. The Morgan fingerprint density at radius 1 is 1.22 bits per heavy atom. The van der Waals surface area contributed by atoms with Crippen LogP contribution in [0.4, 0.5) is 11.4 Å². The molecule has 120 valence electrons. The summed E-state index contributed by atoms with van der Waals surface area (Å²) in [6.07, 6.45) is 1.57. The second-order valence-corrected chi connectivity index (χ2v) is 5.26. The highest BCUT2D eigenvalue weighted by molar-refractivity contribution is 9.10. The molecule has 7 nitrogen and oxygen atoms in total. The van der Waals surface area contributed by atoms with E-state index < -0.39 is 4.92 Å². The fraction of sp³-hybridized carbons (Fsp3) is 0.133. The van der Waals surface area contributed by atoms with E-state index in [1.54, 1.807) is 44.7 Å². The Hall–Kier alpha value is -2.61. The van der Waals surface area contributed by atoms with Crippen LogP contribution in [0.2, 0.25) is 0 Å². The normalized spacial score (nSPS) is 10.6. The molecule has 0 aliphatic rings. The van der Waals surface area contributed by atoms with Gasteiger partial charge in [0.15, 0.2) is 11.5 Å². The molecule has 0 saturated carbocycles. The maximum Gasteiger partial charge on any atom is 0.271 e. The third kappa shape index (κ3) is 4.19. The van der Waals surface area contributed by atoms with E-state index in [2.05, 4.69) is 26.5 Å². The quantitative estimate of drug-likeness (QED) is 0.468. The largest absolute Gasteiger partial charge is 0.493 e. The predicted molar refractivity (Wildman–Crippen MR) is 91.6 cm³/mol. The maximum atomic E-state index is 10.7. The number of non-ortho nitro benzene ring substituents is 1. The molecule has 0 aliphatic heterocycles. The molecule has 8 heteroatoms. The molecule has 0 bridgehead atoms. The number of ether oxygens (including phenoxy) is 2. The molecule has 23 heavy (non-hydrogen) atoms. The van der Waals surface area contributed by atoms with Crippen molar-refractivity contribution in [3.05, 3.63) is 56.5 Å². The summed E-state index contributed by atoms with van der Waals surface area (Å²) < 4.78 is 11.2. The van der Waals surface area contributed by atoms with Crippen molar-refractivity contribution < 1.29 is 14.4 Å². The molecule has 2 aromatic rings. The number of nitro groups is 1. The first-order valence-electron chi connectivity index (χ1n) is 6.50. The van der Waals surface area contributed by atoms with Crippen molar-refractivity contribution in [1.82, 2.24) is 0 Å². The molecule has 0 aliphatic carbocycles. The van der Waals surface area contributed by atoms with E-state index in [0.29, 0.717) is 17.2 Å². The number of halogens is 1. The second-order valence-electron chi connectivity index (χ2n) is 4.41. The summed E-state index contributed by atoms with van der Waals surface area (Å²) in [5, 5.41) is 14.8. The minimum absolute atomic E-state index is 0.00232. The molecule has 2 rings (SSSR count). The number of anilines is 1. The first kappa shape index (κ1) is 16.8. The van der Waals surface area contributed by atoms with Gasteiger partial charge in [-0.05, 0) is 34.1 Å². The Balaban J connectivity index is 2.17. The van der Waals surface area contributed by atoms with Crippen LogP contribution in [-0.2, 0) is 0 Å². The minimum Gasteiger partial charge on any atom is -0.493 e. The third-order valence-corrected chi connectivity index (χ3v) is 3.64. The van der Waals surface area contributed by atoms with Crippen molar-refractivity contribution in [1.29, 1.82) is 0 Å². The van der Waals surface area contributed by atoms with Gasteiger partial charge in [-0.25, -0.2) is 0 Å². The topological polar surface area (TPSA) is 86.0 Å². The highest BCUT2D eigenvalue weighted by Gasteiger charge is 2.08. The van der Waals surface area contributed by atoms with E-state index in [4.69, 9.17) is 9.47 Å². The lowest BCUT2D eigenvalue weighted by Gasteiger charge is -2.09. The van der Waals surface area contributed by atoms with E-state index in [-0.39, 0.29) is 5.69 Å². The molecular formula is C15H14BrN3O4. The monoisotopic (exact) mass is 379 g/mol. The van der Waals surface area contributed by atoms with Crippen LogP contribution >= 0.6 is 15.9 Å². The molecule has 0 spiro atoms. The number of methoxy groups -OCH3 is 2. The second kappa shape index (κ2) is 7.59. The predicted octanol–water partition coefficient (Wildman–Crippen LogP) is 3.82. The van der Waals surface area contributed by atoms with Crippen LogP contribution in [0.25, 0.3) is 0 Å².